The van der Waals surface area contributed by atoms with Crippen LogP contribution in [0.3, 0.4) is 0 Å². The molecule has 20 heavy (non-hydrogen) atoms. The average Bonchev–Trinajstić information content (AvgIpc) is 2.86. The van der Waals surface area contributed by atoms with Crippen molar-refractivity contribution in [2.75, 3.05) is 4.72 Å². The van der Waals surface area contributed by atoms with Gasteiger partial charge in [0, 0.05) is 26.4 Å². The molecular weight excluding hydrogens is 387 g/mol. The van der Waals surface area contributed by atoms with Crippen molar-refractivity contribution in [2.45, 2.75) is 4.90 Å². The summed E-state index contributed by atoms with van der Waals surface area (Å²) in [5.74, 6) is 0. The second-order valence-electron chi connectivity index (χ2n) is 4.32. The Labute approximate surface area is 130 Å². The number of nitrogens with one attached hydrogen (secondary N) is 2. The standard InChI is InChI=1S/C14H11IN2O2S/c15-12-3-1-2-4-14(12)20(18,19)17-11-5-6-13-10(9-11)7-8-16-13/h1-9,16-17H. The van der Waals surface area contributed by atoms with Gasteiger partial charge in [0.2, 0.25) is 0 Å². The normalized spacial score (nSPS) is 11.7. The van der Waals surface area contributed by atoms with E-state index >= 15 is 0 Å². The van der Waals surface area contributed by atoms with Crippen molar-refractivity contribution in [3.05, 3.63) is 58.3 Å². The molecule has 4 nitrogen and oxygen atoms in total. The van der Waals surface area contributed by atoms with Gasteiger partial charge in [-0.05, 0) is 59.0 Å². The maximum Gasteiger partial charge on any atom is 0.262 e. The summed E-state index contributed by atoms with van der Waals surface area (Å²) in [5, 5.41) is 0.966. The van der Waals surface area contributed by atoms with E-state index in [1.807, 2.05) is 47.0 Å². The predicted octanol–water partition coefficient (Wildman–Crippen LogP) is 3.57. The van der Waals surface area contributed by atoms with Gasteiger partial charge >= 0.3 is 0 Å². The van der Waals surface area contributed by atoms with E-state index in [2.05, 4.69) is 9.71 Å². The van der Waals surface area contributed by atoms with Gasteiger partial charge in [-0.2, -0.15) is 0 Å². The van der Waals surface area contributed by atoms with Crippen molar-refractivity contribution >= 4 is 49.2 Å². The molecule has 0 saturated heterocycles. The zero-order valence-electron chi connectivity index (χ0n) is 10.3. The van der Waals surface area contributed by atoms with E-state index in [1.165, 1.54) is 0 Å². The van der Waals surface area contributed by atoms with E-state index in [9.17, 15) is 8.42 Å². The maximum absolute atomic E-state index is 12.4. The smallest absolute Gasteiger partial charge is 0.262 e. The molecule has 0 bridgehead atoms. The van der Waals surface area contributed by atoms with Crippen LogP contribution in [-0.2, 0) is 10.0 Å². The second kappa shape index (κ2) is 5.10. The Morgan fingerprint density at radius 2 is 1.85 bits per heavy atom. The number of hydrogen-bond donors (Lipinski definition) is 2. The summed E-state index contributed by atoms with van der Waals surface area (Å²) in [6.45, 7) is 0. The zero-order valence-corrected chi connectivity index (χ0v) is 13.3. The Morgan fingerprint density at radius 1 is 1.05 bits per heavy atom. The number of aromatic amines is 1. The molecule has 0 aliphatic carbocycles. The Hall–Kier alpha value is -1.54. The molecule has 0 unspecified atom stereocenters. The first-order chi connectivity index (χ1) is 9.56. The van der Waals surface area contributed by atoms with Crippen molar-refractivity contribution < 1.29 is 8.42 Å². The lowest BCUT2D eigenvalue weighted by atomic mass is 10.2. The van der Waals surface area contributed by atoms with Crippen molar-refractivity contribution in [1.82, 2.24) is 4.98 Å². The third kappa shape index (κ3) is 2.53. The second-order valence-corrected chi connectivity index (χ2v) is 7.13. The van der Waals surface area contributed by atoms with Crippen LogP contribution in [0.4, 0.5) is 5.69 Å². The highest BCUT2D eigenvalue weighted by atomic mass is 127. The molecule has 0 aliphatic rings. The molecule has 0 radical (unpaired) electrons. The molecule has 0 atom stereocenters. The molecule has 6 heteroatoms. The van der Waals surface area contributed by atoms with Crippen LogP contribution in [-0.4, -0.2) is 13.4 Å². The van der Waals surface area contributed by atoms with Gasteiger partial charge in [-0.3, -0.25) is 4.72 Å². The van der Waals surface area contributed by atoms with Crippen LogP contribution >= 0.6 is 22.6 Å². The van der Waals surface area contributed by atoms with Crippen molar-refractivity contribution in [3.8, 4) is 0 Å². The fraction of sp³-hybridized carbons (Fsp3) is 0. The van der Waals surface area contributed by atoms with Crippen LogP contribution in [0.2, 0.25) is 0 Å². The molecule has 0 aliphatic heterocycles. The number of hydrogen-bond acceptors (Lipinski definition) is 2. The quantitative estimate of drug-likeness (QED) is 0.663. The summed E-state index contributed by atoms with van der Waals surface area (Å²) in [6.07, 6.45) is 1.82. The summed E-state index contributed by atoms with van der Waals surface area (Å²) in [6, 6.07) is 14.2. The van der Waals surface area contributed by atoms with Crippen LogP contribution in [0, 0.1) is 3.57 Å². The largest absolute Gasteiger partial charge is 0.361 e. The van der Waals surface area contributed by atoms with E-state index in [0.29, 0.717) is 9.26 Å². The Balaban J connectivity index is 1.99. The fourth-order valence-corrected chi connectivity index (χ4v) is 4.38. The Morgan fingerprint density at radius 3 is 2.65 bits per heavy atom. The number of anilines is 1. The molecule has 1 aromatic heterocycles. The first-order valence-corrected chi connectivity index (χ1v) is 8.47. The summed E-state index contributed by atoms with van der Waals surface area (Å²) in [5.41, 5.74) is 1.53. The molecule has 2 N–H and O–H groups in total. The van der Waals surface area contributed by atoms with E-state index < -0.39 is 10.0 Å². The van der Waals surface area contributed by atoms with Gasteiger partial charge in [0.15, 0.2) is 0 Å². The van der Waals surface area contributed by atoms with Crippen molar-refractivity contribution in [3.63, 3.8) is 0 Å². The highest BCUT2D eigenvalue weighted by Gasteiger charge is 2.17. The lowest BCUT2D eigenvalue weighted by Gasteiger charge is -2.09. The first kappa shape index (κ1) is 13.4. The number of H-pyrrole nitrogens is 1. The Kier molecular flexibility index (Phi) is 3.43. The summed E-state index contributed by atoms with van der Waals surface area (Å²) in [7, 11) is -3.56. The molecule has 3 rings (SSSR count). The van der Waals surface area contributed by atoms with Gasteiger partial charge in [-0.1, -0.05) is 12.1 Å². The lowest BCUT2D eigenvalue weighted by molar-refractivity contribution is 0.600. The van der Waals surface area contributed by atoms with Crippen LogP contribution in [0.5, 0.6) is 0 Å². The molecule has 0 fully saturated rings. The predicted molar refractivity (Wildman–Crippen MR) is 88.3 cm³/mol. The highest BCUT2D eigenvalue weighted by molar-refractivity contribution is 14.1. The number of halogens is 1. The van der Waals surface area contributed by atoms with Gasteiger partial charge in [-0.15, -0.1) is 0 Å². The van der Waals surface area contributed by atoms with Gasteiger partial charge < -0.3 is 4.98 Å². The fourth-order valence-electron chi connectivity index (χ4n) is 1.99. The van der Waals surface area contributed by atoms with Gasteiger partial charge in [0.05, 0.1) is 0 Å². The third-order valence-corrected chi connectivity index (χ3v) is 5.68. The van der Waals surface area contributed by atoms with Crippen molar-refractivity contribution in [1.29, 1.82) is 0 Å². The molecule has 0 amide bonds. The minimum atomic E-state index is -3.56. The number of aromatic nitrogens is 1. The lowest BCUT2D eigenvalue weighted by Crippen LogP contribution is -2.14. The first-order valence-electron chi connectivity index (χ1n) is 5.91. The third-order valence-electron chi connectivity index (χ3n) is 2.93. The zero-order chi connectivity index (χ0) is 14.2. The van der Waals surface area contributed by atoms with Gasteiger partial charge in [0.25, 0.3) is 10.0 Å². The van der Waals surface area contributed by atoms with Crippen LogP contribution < -0.4 is 4.72 Å². The van der Waals surface area contributed by atoms with E-state index in [1.54, 1.807) is 30.3 Å². The SMILES string of the molecule is O=S(=O)(Nc1ccc2[nH]ccc2c1)c1ccccc1I. The molecular formula is C14H11IN2O2S. The van der Waals surface area contributed by atoms with E-state index in [0.717, 1.165) is 10.9 Å². The molecule has 2 aromatic carbocycles. The minimum absolute atomic E-state index is 0.287. The summed E-state index contributed by atoms with van der Waals surface area (Å²) >= 11 is 2.02. The number of fused-ring (bicyclic) bond motifs is 1. The number of rotatable bonds is 3. The number of sulfonamides is 1. The highest BCUT2D eigenvalue weighted by Crippen LogP contribution is 2.23. The Bertz CT molecular complexity index is 872. The molecule has 3 aromatic rings. The summed E-state index contributed by atoms with van der Waals surface area (Å²) in [4.78, 5) is 3.36. The van der Waals surface area contributed by atoms with Crippen LogP contribution in [0.25, 0.3) is 10.9 Å². The monoisotopic (exact) mass is 398 g/mol. The summed E-state index contributed by atoms with van der Waals surface area (Å²) < 4.78 is 28.1. The topological polar surface area (TPSA) is 62.0 Å². The molecule has 0 saturated carbocycles. The minimum Gasteiger partial charge on any atom is -0.361 e. The molecule has 0 spiro atoms. The number of benzene rings is 2. The average molecular weight is 398 g/mol. The van der Waals surface area contributed by atoms with E-state index in [4.69, 9.17) is 0 Å². The molecule has 102 valence electrons. The van der Waals surface area contributed by atoms with E-state index in [-0.39, 0.29) is 4.90 Å². The van der Waals surface area contributed by atoms with Crippen LogP contribution in [0.1, 0.15) is 0 Å². The molecule has 1 heterocycles. The van der Waals surface area contributed by atoms with Gasteiger partial charge in [0.1, 0.15) is 4.90 Å². The maximum atomic E-state index is 12.4. The van der Waals surface area contributed by atoms with Crippen LogP contribution in [0.15, 0.2) is 59.6 Å². The van der Waals surface area contributed by atoms with Gasteiger partial charge in [-0.25, -0.2) is 8.42 Å². The van der Waals surface area contributed by atoms with Crippen molar-refractivity contribution in [2.24, 2.45) is 0 Å².